The highest BCUT2D eigenvalue weighted by Gasteiger charge is 2.32. The lowest BCUT2D eigenvalue weighted by Crippen LogP contribution is -2.35. The zero-order chi connectivity index (χ0) is 10.2. The molecule has 0 bridgehead atoms. The summed E-state index contributed by atoms with van der Waals surface area (Å²) in [4.78, 5) is 11.7. The number of rotatable bonds is 2. The van der Waals surface area contributed by atoms with Crippen molar-refractivity contribution in [2.45, 2.75) is 32.7 Å². The fourth-order valence-electron chi connectivity index (χ4n) is 1.98. The van der Waals surface area contributed by atoms with Crippen molar-refractivity contribution in [3.05, 3.63) is 33.2 Å². The topological polar surface area (TPSA) is 22.0 Å². The molecule has 2 nitrogen and oxygen atoms in total. The smallest absolute Gasteiger partial charge is 0.264 e. The van der Waals surface area contributed by atoms with E-state index in [4.69, 9.17) is 0 Å². The highest BCUT2D eigenvalue weighted by Crippen LogP contribution is 2.41. The Hall–Kier alpha value is -0.570. The second-order valence-electron chi connectivity index (χ2n) is 4.45. The first-order chi connectivity index (χ1) is 6.61. The molecule has 1 aliphatic carbocycles. The normalized spacial score (nSPS) is 19.0. The Bertz CT molecular complexity index is 393. The molecule has 0 amide bonds. The fourth-order valence-corrected chi connectivity index (χ4v) is 2.36. The Kier molecular flexibility index (Phi) is 2.52. The molecule has 2 rings (SSSR count). The molecule has 0 aliphatic heterocycles. The van der Waals surface area contributed by atoms with E-state index in [0.29, 0.717) is 9.89 Å². The summed E-state index contributed by atoms with van der Waals surface area (Å²) in [6, 6.07) is 3.70. The molecule has 1 aliphatic rings. The van der Waals surface area contributed by atoms with Crippen LogP contribution >= 0.6 is 15.9 Å². The SMILES string of the molecule is CC1(Cn2cccc(Br)c2=O)CCC1. The highest BCUT2D eigenvalue weighted by atomic mass is 79.9. The quantitative estimate of drug-likeness (QED) is 0.797. The van der Waals surface area contributed by atoms with Gasteiger partial charge in [-0.2, -0.15) is 0 Å². The maximum Gasteiger partial charge on any atom is 0.264 e. The fraction of sp³-hybridized carbons (Fsp3) is 0.545. The van der Waals surface area contributed by atoms with Crippen molar-refractivity contribution >= 4 is 15.9 Å². The average Bonchev–Trinajstić information content (AvgIpc) is 2.10. The van der Waals surface area contributed by atoms with Gasteiger partial charge in [0.2, 0.25) is 0 Å². The van der Waals surface area contributed by atoms with E-state index in [1.54, 1.807) is 6.07 Å². The minimum absolute atomic E-state index is 0.0839. The molecule has 0 aromatic carbocycles. The first-order valence-corrected chi connectivity index (χ1v) is 5.75. The van der Waals surface area contributed by atoms with Crippen molar-refractivity contribution in [2.24, 2.45) is 5.41 Å². The van der Waals surface area contributed by atoms with Crippen LogP contribution in [0.15, 0.2) is 27.6 Å². The van der Waals surface area contributed by atoms with Crippen LogP contribution in [-0.4, -0.2) is 4.57 Å². The summed E-state index contributed by atoms with van der Waals surface area (Å²) < 4.78 is 2.46. The van der Waals surface area contributed by atoms with Crippen LogP contribution in [0.3, 0.4) is 0 Å². The van der Waals surface area contributed by atoms with E-state index in [0.717, 1.165) is 6.54 Å². The van der Waals surface area contributed by atoms with Gasteiger partial charge in [0.15, 0.2) is 0 Å². The summed E-state index contributed by atoms with van der Waals surface area (Å²) in [6.07, 6.45) is 5.66. The highest BCUT2D eigenvalue weighted by molar-refractivity contribution is 9.10. The van der Waals surface area contributed by atoms with Crippen LogP contribution in [0.4, 0.5) is 0 Å². The average molecular weight is 256 g/mol. The third-order valence-electron chi connectivity index (χ3n) is 3.09. The van der Waals surface area contributed by atoms with E-state index in [9.17, 15) is 4.79 Å². The molecule has 0 unspecified atom stereocenters. The Morgan fingerprint density at radius 1 is 1.57 bits per heavy atom. The maximum atomic E-state index is 11.7. The third kappa shape index (κ3) is 1.78. The molecule has 0 radical (unpaired) electrons. The molecule has 1 aromatic heterocycles. The van der Waals surface area contributed by atoms with Gasteiger partial charge in [0.05, 0.1) is 4.47 Å². The van der Waals surface area contributed by atoms with Gasteiger partial charge in [-0.05, 0) is 46.3 Å². The van der Waals surface area contributed by atoms with E-state index < -0.39 is 0 Å². The van der Waals surface area contributed by atoms with E-state index in [1.807, 2.05) is 16.8 Å². The van der Waals surface area contributed by atoms with Crippen molar-refractivity contribution in [1.82, 2.24) is 4.57 Å². The molecule has 1 heterocycles. The van der Waals surface area contributed by atoms with Crippen molar-refractivity contribution in [3.63, 3.8) is 0 Å². The predicted octanol–water partition coefficient (Wildman–Crippen LogP) is 2.80. The number of aromatic nitrogens is 1. The summed E-state index contributed by atoms with van der Waals surface area (Å²) in [5, 5.41) is 0. The van der Waals surface area contributed by atoms with Crippen molar-refractivity contribution in [2.75, 3.05) is 0 Å². The lowest BCUT2D eigenvalue weighted by molar-refractivity contribution is 0.130. The molecule has 0 spiro atoms. The number of hydrogen-bond acceptors (Lipinski definition) is 1. The summed E-state index contributed by atoms with van der Waals surface area (Å²) in [6.45, 7) is 3.11. The van der Waals surface area contributed by atoms with Crippen LogP contribution in [0.1, 0.15) is 26.2 Å². The van der Waals surface area contributed by atoms with E-state index in [2.05, 4.69) is 22.9 Å². The van der Waals surface area contributed by atoms with E-state index in [-0.39, 0.29) is 5.56 Å². The molecule has 0 saturated heterocycles. The van der Waals surface area contributed by atoms with Gasteiger partial charge in [-0.3, -0.25) is 4.79 Å². The second-order valence-corrected chi connectivity index (χ2v) is 5.31. The molecule has 76 valence electrons. The Morgan fingerprint density at radius 3 is 2.86 bits per heavy atom. The van der Waals surface area contributed by atoms with Gasteiger partial charge in [0, 0.05) is 12.7 Å². The van der Waals surface area contributed by atoms with Gasteiger partial charge < -0.3 is 4.57 Å². The lowest BCUT2D eigenvalue weighted by Gasteiger charge is -2.38. The molecule has 1 saturated carbocycles. The van der Waals surface area contributed by atoms with Crippen molar-refractivity contribution < 1.29 is 0 Å². The van der Waals surface area contributed by atoms with Crippen LogP contribution in [0.25, 0.3) is 0 Å². The third-order valence-corrected chi connectivity index (χ3v) is 3.69. The van der Waals surface area contributed by atoms with E-state index in [1.165, 1.54) is 19.3 Å². The molecule has 3 heteroatoms. The van der Waals surface area contributed by atoms with Crippen LogP contribution in [-0.2, 0) is 6.54 Å². The molecule has 0 N–H and O–H groups in total. The zero-order valence-corrected chi connectivity index (χ0v) is 9.88. The van der Waals surface area contributed by atoms with Gasteiger partial charge in [0.1, 0.15) is 0 Å². The Balaban J connectivity index is 2.25. The van der Waals surface area contributed by atoms with Crippen molar-refractivity contribution in [1.29, 1.82) is 0 Å². The van der Waals surface area contributed by atoms with Gasteiger partial charge >= 0.3 is 0 Å². The maximum absolute atomic E-state index is 11.7. The van der Waals surface area contributed by atoms with Gasteiger partial charge in [-0.1, -0.05) is 13.3 Å². The van der Waals surface area contributed by atoms with Gasteiger partial charge in [-0.15, -0.1) is 0 Å². The number of pyridine rings is 1. The standard InChI is InChI=1S/C11H14BrNO/c1-11(5-3-6-11)8-13-7-2-4-9(12)10(13)14/h2,4,7H,3,5-6,8H2,1H3. The molecular formula is C11H14BrNO. The Morgan fingerprint density at radius 2 is 2.29 bits per heavy atom. The van der Waals surface area contributed by atoms with Gasteiger partial charge in [0.25, 0.3) is 5.56 Å². The first-order valence-electron chi connectivity index (χ1n) is 4.96. The minimum Gasteiger partial charge on any atom is -0.314 e. The summed E-state index contributed by atoms with van der Waals surface area (Å²) >= 11 is 3.26. The number of halogens is 1. The predicted molar refractivity (Wildman–Crippen MR) is 60.4 cm³/mol. The van der Waals surface area contributed by atoms with Crippen LogP contribution < -0.4 is 5.56 Å². The molecule has 0 atom stereocenters. The second kappa shape index (κ2) is 3.54. The number of nitrogens with zero attached hydrogens (tertiary/aromatic N) is 1. The summed E-state index contributed by atoms with van der Waals surface area (Å²) in [5.74, 6) is 0. The number of hydrogen-bond donors (Lipinski definition) is 0. The summed E-state index contributed by atoms with van der Waals surface area (Å²) in [5.41, 5.74) is 0.436. The first kappa shape index (κ1) is 9.97. The van der Waals surface area contributed by atoms with Crippen LogP contribution in [0.2, 0.25) is 0 Å². The molecule has 1 aromatic rings. The zero-order valence-electron chi connectivity index (χ0n) is 8.29. The van der Waals surface area contributed by atoms with Crippen LogP contribution in [0.5, 0.6) is 0 Å². The summed E-state index contributed by atoms with van der Waals surface area (Å²) in [7, 11) is 0. The molecule has 1 fully saturated rings. The Labute approximate surface area is 92.1 Å². The van der Waals surface area contributed by atoms with Crippen LogP contribution in [0, 0.1) is 5.41 Å². The minimum atomic E-state index is 0.0839. The molecular weight excluding hydrogens is 242 g/mol. The monoisotopic (exact) mass is 255 g/mol. The van der Waals surface area contributed by atoms with Gasteiger partial charge in [-0.25, -0.2) is 0 Å². The van der Waals surface area contributed by atoms with E-state index >= 15 is 0 Å². The lowest BCUT2D eigenvalue weighted by atomic mass is 9.70. The molecule has 14 heavy (non-hydrogen) atoms. The largest absolute Gasteiger partial charge is 0.314 e. The van der Waals surface area contributed by atoms with Crippen molar-refractivity contribution in [3.8, 4) is 0 Å².